The molecule has 1 atom stereocenters. The first-order valence-corrected chi connectivity index (χ1v) is 6.51. The van der Waals surface area contributed by atoms with E-state index in [9.17, 15) is 0 Å². The van der Waals surface area contributed by atoms with Crippen LogP contribution in [0.4, 0.5) is 11.5 Å². The van der Waals surface area contributed by atoms with Gasteiger partial charge in [-0.25, -0.2) is 4.98 Å². The summed E-state index contributed by atoms with van der Waals surface area (Å²) in [5, 5.41) is 3.41. The van der Waals surface area contributed by atoms with Crippen LogP contribution in [0.15, 0.2) is 16.7 Å². The quantitative estimate of drug-likeness (QED) is 0.877. The molecule has 0 aliphatic heterocycles. The van der Waals surface area contributed by atoms with Crippen molar-refractivity contribution >= 4 is 27.4 Å². The number of nitrogens with one attached hydrogen (secondary N) is 1. The minimum absolute atomic E-state index is 0.334. The average molecular weight is 301 g/mol. The van der Waals surface area contributed by atoms with E-state index in [4.69, 9.17) is 5.73 Å². The third-order valence-corrected chi connectivity index (χ3v) is 3.01. The summed E-state index contributed by atoms with van der Waals surface area (Å²) in [4.78, 5) is 6.47. The summed E-state index contributed by atoms with van der Waals surface area (Å²) in [5.41, 5.74) is 6.60. The molecule has 5 heteroatoms. The van der Waals surface area contributed by atoms with E-state index in [0.29, 0.717) is 17.6 Å². The standard InChI is InChI=1S/C12H21BrN4/c1-8(2)11(7-17(3)4)16-12-10(14)5-9(13)6-15-12/h5-6,8,11H,7,14H2,1-4H3,(H,15,16). The molecule has 1 unspecified atom stereocenters. The fraction of sp³-hybridized carbons (Fsp3) is 0.583. The molecule has 1 aromatic rings. The number of anilines is 2. The van der Waals surface area contributed by atoms with Crippen molar-refractivity contribution in [2.75, 3.05) is 31.7 Å². The van der Waals surface area contributed by atoms with Gasteiger partial charge < -0.3 is 16.0 Å². The molecule has 0 spiro atoms. The first kappa shape index (κ1) is 14.3. The first-order chi connectivity index (χ1) is 7.90. The second-order valence-corrected chi connectivity index (χ2v) is 5.76. The number of nitrogens with two attached hydrogens (primary N) is 1. The maximum atomic E-state index is 5.93. The van der Waals surface area contributed by atoms with E-state index in [-0.39, 0.29) is 0 Å². The van der Waals surface area contributed by atoms with Crippen LogP contribution in [-0.4, -0.2) is 36.6 Å². The number of likely N-dealkylation sites (N-methyl/N-ethyl adjacent to an activating group) is 1. The maximum Gasteiger partial charge on any atom is 0.149 e. The maximum absolute atomic E-state index is 5.93. The Balaban J connectivity index is 2.78. The van der Waals surface area contributed by atoms with Crippen molar-refractivity contribution in [3.05, 3.63) is 16.7 Å². The second kappa shape index (κ2) is 6.21. The van der Waals surface area contributed by atoms with Gasteiger partial charge in [-0.3, -0.25) is 0 Å². The lowest BCUT2D eigenvalue weighted by Crippen LogP contribution is -2.36. The van der Waals surface area contributed by atoms with Crippen molar-refractivity contribution in [2.24, 2.45) is 5.92 Å². The van der Waals surface area contributed by atoms with Crippen LogP contribution in [0.3, 0.4) is 0 Å². The van der Waals surface area contributed by atoms with Gasteiger partial charge in [-0.1, -0.05) is 13.8 Å². The summed E-state index contributed by atoms with van der Waals surface area (Å²) in [5.74, 6) is 1.27. The number of halogens is 1. The van der Waals surface area contributed by atoms with E-state index >= 15 is 0 Å². The van der Waals surface area contributed by atoms with Gasteiger partial charge in [0.15, 0.2) is 0 Å². The molecule has 0 aromatic carbocycles. The zero-order valence-corrected chi connectivity index (χ0v) is 12.5. The Kier molecular flexibility index (Phi) is 5.21. The molecule has 0 fully saturated rings. The normalized spacial score (nSPS) is 13.1. The number of rotatable bonds is 5. The lowest BCUT2D eigenvalue weighted by atomic mass is 10.0. The molecule has 0 aliphatic carbocycles. The Morgan fingerprint density at radius 2 is 2.12 bits per heavy atom. The number of hydrogen-bond acceptors (Lipinski definition) is 4. The van der Waals surface area contributed by atoms with Gasteiger partial charge in [0.25, 0.3) is 0 Å². The number of hydrogen-bond donors (Lipinski definition) is 2. The summed E-state index contributed by atoms with van der Waals surface area (Å²) in [6.45, 7) is 5.33. The van der Waals surface area contributed by atoms with Crippen molar-refractivity contribution in [3.8, 4) is 0 Å². The molecule has 1 heterocycles. The molecule has 17 heavy (non-hydrogen) atoms. The van der Waals surface area contributed by atoms with E-state index in [1.165, 1.54) is 0 Å². The molecule has 0 amide bonds. The lowest BCUT2D eigenvalue weighted by Gasteiger charge is -2.26. The Morgan fingerprint density at radius 1 is 1.47 bits per heavy atom. The highest BCUT2D eigenvalue weighted by molar-refractivity contribution is 9.10. The summed E-state index contributed by atoms with van der Waals surface area (Å²) in [6, 6.07) is 2.20. The molecule has 4 nitrogen and oxygen atoms in total. The van der Waals surface area contributed by atoms with Crippen molar-refractivity contribution in [1.29, 1.82) is 0 Å². The van der Waals surface area contributed by atoms with Crippen molar-refractivity contribution in [3.63, 3.8) is 0 Å². The first-order valence-electron chi connectivity index (χ1n) is 5.72. The predicted molar refractivity (Wildman–Crippen MR) is 77.2 cm³/mol. The van der Waals surface area contributed by atoms with Gasteiger partial charge in [0.1, 0.15) is 5.82 Å². The highest BCUT2D eigenvalue weighted by Gasteiger charge is 2.15. The number of nitrogens with zero attached hydrogens (tertiary/aromatic N) is 2. The second-order valence-electron chi connectivity index (χ2n) is 4.85. The van der Waals surface area contributed by atoms with Crippen LogP contribution in [0, 0.1) is 5.92 Å². The van der Waals surface area contributed by atoms with Crippen LogP contribution in [-0.2, 0) is 0 Å². The number of pyridine rings is 1. The van der Waals surface area contributed by atoms with Crippen LogP contribution in [0.1, 0.15) is 13.8 Å². The van der Waals surface area contributed by atoms with Crippen LogP contribution in [0.25, 0.3) is 0 Å². The SMILES string of the molecule is CC(C)C(CN(C)C)Nc1ncc(Br)cc1N. The number of nitrogen functional groups attached to an aromatic ring is 1. The zero-order valence-electron chi connectivity index (χ0n) is 10.9. The van der Waals surface area contributed by atoms with Crippen LogP contribution < -0.4 is 11.1 Å². The van der Waals surface area contributed by atoms with E-state index in [1.54, 1.807) is 6.20 Å². The fourth-order valence-electron chi connectivity index (χ4n) is 1.57. The van der Waals surface area contributed by atoms with E-state index in [0.717, 1.165) is 16.8 Å². The smallest absolute Gasteiger partial charge is 0.149 e. The molecule has 0 radical (unpaired) electrons. The van der Waals surface area contributed by atoms with E-state index < -0.39 is 0 Å². The van der Waals surface area contributed by atoms with Crippen LogP contribution >= 0.6 is 15.9 Å². The average Bonchev–Trinajstić information content (AvgIpc) is 2.19. The van der Waals surface area contributed by atoms with Crippen molar-refractivity contribution < 1.29 is 0 Å². The summed E-state index contributed by atoms with van der Waals surface area (Å²) < 4.78 is 0.897. The van der Waals surface area contributed by atoms with Gasteiger partial charge in [-0.2, -0.15) is 0 Å². The topological polar surface area (TPSA) is 54.2 Å². The lowest BCUT2D eigenvalue weighted by molar-refractivity contribution is 0.344. The van der Waals surface area contributed by atoms with Gasteiger partial charge in [0.05, 0.1) is 5.69 Å². The van der Waals surface area contributed by atoms with Gasteiger partial charge >= 0.3 is 0 Å². The molecular weight excluding hydrogens is 280 g/mol. The van der Waals surface area contributed by atoms with E-state index in [2.05, 4.69) is 59.1 Å². The summed E-state index contributed by atoms with van der Waals surface area (Å²) >= 11 is 3.35. The zero-order chi connectivity index (χ0) is 13.0. The van der Waals surface area contributed by atoms with Crippen LogP contribution in [0.2, 0.25) is 0 Å². The summed E-state index contributed by atoms with van der Waals surface area (Å²) in [7, 11) is 4.13. The summed E-state index contributed by atoms with van der Waals surface area (Å²) in [6.07, 6.45) is 1.76. The highest BCUT2D eigenvalue weighted by atomic mass is 79.9. The third kappa shape index (κ3) is 4.52. The predicted octanol–water partition coefficient (Wildman–Crippen LogP) is 2.42. The van der Waals surface area contributed by atoms with Crippen LogP contribution in [0.5, 0.6) is 0 Å². The minimum Gasteiger partial charge on any atom is -0.396 e. The molecular formula is C12H21BrN4. The van der Waals surface area contributed by atoms with Gasteiger partial charge in [0, 0.05) is 23.3 Å². The minimum atomic E-state index is 0.334. The molecule has 0 bridgehead atoms. The molecule has 0 saturated carbocycles. The van der Waals surface area contributed by atoms with Gasteiger partial charge in [0.2, 0.25) is 0 Å². The largest absolute Gasteiger partial charge is 0.396 e. The fourth-order valence-corrected chi connectivity index (χ4v) is 1.92. The third-order valence-electron chi connectivity index (χ3n) is 2.57. The monoisotopic (exact) mass is 300 g/mol. The van der Waals surface area contributed by atoms with Gasteiger partial charge in [-0.05, 0) is 42.0 Å². The molecule has 0 aliphatic rings. The molecule has 96 valence electrons. The van der Waals surface area contributed by atoms with Crippen molar-refractivity contribution in [1.82, 2.24) is 9.88 Å². The molecule has 1 rings (SSSR count). The molecule has 1 aromatic heterocycles. The Hall–Kier alpha value is -0.810. The molecule has 3 N–H and O–H groups in total. The Morgan fingerprint density at radius 3 is 2.59 bits per heavy atom. The van der Waals surface area contributed by atoms with Gasteiger partial charge in [-0.15, -0.1) is 0 Å². The van der Waals surface area contributed by atoms with Crippen molar-refractivity contribution in [2.45, 2.75) is 19.9 Å². The Bertz CT molecular complexity index is 366. The molecule has 0 saturated heterocycles. The Labute approximate surface area is 112 Å². The number of aromatic nitrogens is 1. The van der Waals surface area contributed by atoms with E-state index in [1.807, 2.05) is 6.07 Å². The highest BCUT2D eigenvalue weighted by Crippen LogP contribution is 2.21.